The first-order valence-corrected chi connectivity index (χ1v) is 10.6. The summed E-state index contributed by atoms with van der Waals surface area (Å²) >= 11 is 1.55. The van der Waals surface area contributed by atoms with E-state index in [-0.39, 0.29) is 16.8 Å². The van der Waals surface area contributed by atoms with Crippen molar-refractivity contribution >= 4 is 33.0 Å². The van der Waals surface area contributed by atoms with Gasteiger partial charge in [-0.3, -0.25) is 4.79 Å². The Labute approximate surface area is 162 Å². The Kier molecular flexibility index (Phi) is 5.69. The predicted octanol–water partition coefficient (Wildman–Crippen LogP) is 3.75. The van der Waals surface area contributed by atoms with E-state index in [4.69, 9.17) is 0 Å². The van der Waals surface area contributed by atoms with Gasteiger partial charge in [-0.05, 0) is 62.4 Å². The van der Waals surface area contributed by atoms with Gasteiger partial charge in [0.15, 0.2) is 0 Å². The Morgan fingerprint density at radius 1 is 1.04 bits per heavy atom. The van der Waals surface area contributed by atoms with E-state index in [2.05, 4.69) is 15.0 Å². The van der Waals surface area contributed by atoms with Gasteiger partial charge in [-0.2, -0.15) is 0 Å². The summed E-state index contributed by atoms with van der Waals surface area (Å²) in [7, 11) is -3.57. The van der Waals surface area contributed by atoms with Crippen molar-refractivity contribution in [2.75, 3.05) is 5.32 Å². The van der Waals surface area contributed by atoms with Gasteiger partial charge in [-0.25, -0.2) is 18.1 Å². The molecule has 140 valence electrons. The number of nitrogens with zero attached hydrogens (tertiary/aromatic N) is 1. The van der Waals surface area contributed by atoms with Gasteiger partial charge in [-0.15, -0.1) is 11.3 Å². The zero-order valence-electron chi connectivity index (χ0n) is 14.8. The minimum absolute atomic E-state index is 0.126. The highest BCUT2D eigenvalue weighted by molar-refractivity contribution is 7.89. The Morgan fingerprint density at radius 2 is 1.70 bits per heavy atom. The van der Waals surface area contributed by atoms with Crippen molar-refractivity contribution in [3.8, 4) is 10.6 Å². The van der Waals surface area contributed by atoms with E-state index in [1.807, 2.05) is 17.5 Å². The van der Waals surface area contributed by atoms with E-state index in [0.29, 0.717) is 11.3 Å². The summed E-state index contributed by atoms with van der Waals surface area (Å²) in [6, 6.07) is 13.0. The van der Waals surface area contributed by atoms with Gasteiger partial charge < -0.3 is 5.32 Å². The standard InChI is InChI=1S/C19H19N3O3S2/c1-13(2)22-27(24,25)17-9-5-14(6-10-17)18(23)21-16-7-3-15(4-8-16)19-20-11-12-26-19/h3-13,22H,1-2H3,(H,21,23). The molecule has 27 heavy (non-hydrogen) atoms. The van der Waals surface area contributed by atoms with Gasteiger partial charge in [-0.1, -0.05) is 0 Å². The highest BCUT2D eigenvalue weighted by Gasteiger charge is 2.16. The zero-order valence-corrected chi connectivity index (χ0v) is 16.5. The quantitative estimate of drug-likeness (QED) is 0.658. The number of rotatable bonds is 6. The Balaban J connectivity index is 1.69. The van der Waals surface area contributed by atoms with Crippen LogP contribution in [0.25, 0.3) is 10.6 Å². The number of benzene rings is 2. The molecule has 0 bridgehead atoms. The third kappa shape index (κ3) is 4.79. The molecule has 0 saturated heterocycles. The molecule has 8 heteroatoms. The highest BCUT2D eigenvalue weighted by atomic mass is 32.2. The normalized spacial score (nSPS) is 11.5. The Hall–Kier alpha value is -2.55. The van der Waals surface area contributed by atoms with Crippen LogP contribution in [-0.4, -0.2) is 25.4 Å². The summed E-state index contributed by atoms with van der Waals surface area (Å²) in [6.07, 6.45) is 1.75. The van der Waals surface area contributed by atoms with Crippen molar-refractivity contribution in [3.05, 3.63) is 65.7 Å². The molecule has 0 saturated carbocycles. The van der Waals surface area contributed by atoms with Crippen LogP contribution < -0.4 is 10.0 Å². The number of amides is 1. The fraction of sp³-hybridized carbons (Fsp3) is 0.158. The molecule has 0 aliphatic carbocycles. The lowest BCUT2D eigenvalue weighted by Crippen LogP contribution is -2.30. The van der Waals surface area contributed by atoms with Gasteiger partial charge in [0.25, 0.3) is 5.91 Å². The second-order valence-electron chi connectivity index (χ2n) is 6.17. The molecule has 0 aliphatic rings. The largest absolute Gasteiger partial charge is 0.322 e. The van der Waals surface area contributed by atoms with Crippen LogP contribution in [0.3, 0.4) is 0 Å². The van der Waals surface area contributed by atoms with Crippen LogP contribution in [-0.2, 0) is 10.0 Å². The summed E-state index contributed by atoms with van der Waals surface area (Å²) in [4.78, 5) is 16.8. The maximum absolute atomic E-state index is 12.4. The number of sulfonamides is 1. The summed E-state index contributed by atoms with van der Waals surface area (Å²) in [5.41, 5.74) is 2.01. The molecule has 1 amide bonds. The number of thiazole rings is 1. The fourth-order valence-electron chi connectivity index (χ4n) is 2.43. The second kappa shape index (κ2) is 7.99. The number of hydrogen-bond acceptors (Lipinski definition) is 5. The molecule has 0 fully saturated rings. The average Bonchev–Trinajstić information content (AvgIpc) is 3.16. The second-order valence-corrected chi connectivity index (χ2v) is 8.78. The van der Waals surface area contributed by atoms with Gasteiger partial charge >= 0.3 is 0 Å². The van der Waals surface area contributed by atoms with E-state index < -0.39 is 10.0 Å². The smallest absolute Gasteiger partial charge is 0.255 e. The molecule has 2 aromatic carbocycles. The molecular formula is C19H19N3O3S2. The lowest BCUT2D eigenvalue weighted by atomic mass is 10.2. The molecule has 0 spiro atoms. The lowest BCUT2D eigenvalue weighted by molar-refractivity contribution is 0.102. The van der Waals surface area contributed by atoms with Crippen molar-refractivity contribution < 1.29 is 13.2 Å². The van der Waals surface area contributed by atoms with Crippen LogP contribution in [0, 0.1) is 0 Å². The molecule has 3 rings (SSSR count). The van der Waals surface area contributed by atoms with E-state index in [1.54, 1.807) is 43.5 Å². The lowest BCUT2D eigenvalue weighted by Gasteiger charge is -2.10. The number of anilines is 1. The van der Waals surface area contributed by atoms with Crippen LogP contribution >= 0.6 is 11.3 Å². The average molecular weight is 402 g/mol. The molecule has 2 N–H and O–H groups in total. The maximum Gasteiger partial charge on any atom is 0.255 e. The predicted molar refractivity (Wildman–Crippen MR) is 107 cm³/mol. The van der Waals surface area contributed by atoms with Crippen LogP contribution in [0.5, 0.6) is 0 Å². The number of nitrogens with one attached hydrogen (secondary N) is 2. The van der Waals surface area contributed by atoms with E-state index >= 15 is 0 Å². The third-order valence-corrected chi connectivity index (χ3v) is 6.14. The summed E-state index contributed by atoms with van der Waals surface area (Å²) in [6.45, 7) is 3.50. The van der Waals surface area contributed by atoms with Gasteiger partial charge in [0, 0.05) is 34.4 Å². The number of hydrogen-bond donors (Lipinski definition) is 2. The minimum atomic E-state index is -3.57. The van der Waals surface area contributed by atoms with Gasteiger partial charge in [0.1, 0.15) is 5.01 Å². The Bertz CT molecular complexity index is 1010. The molecule has 0 aliphatic heterocycles. The number of carbonyl (C=O) groups excluding carboxylic acids is 1. The van der Waals surface area contributed by atoms with Crippen molar-refractivity contribution in [3.63, 3.8) is 0 Å². The first-order chi connectivity index (χ1) is 12.8. The molecular weight excluding hydrogens is 382 g/mol. The van der Waals surface area contributed by atoms with E-state index in [9.17, 15) is 13.2 Å². The molecule has 1 heterocycles. The maximum atomic E-state index is 12.4. The van der Waals surface area contributed by atoms with Crippen LogP contribution in [0.2, 0.25) is 0 Å². The van der Waals surface area contributed by atoms with Crippen molar-refractivity contribution in [2.45, 2.75) is 24.8 Å². The van der Waals surface area contributed by atoms with Crippen molar-refractivity contribution in [1.29, 1.82) is 0 Å². The highest BCUT2D eigenvalue weighted by Crippen LogP contribution is 2.23. The van der Waals surface area contributed by atoms with E-state index in [0.717, 1.165) is 10.6 Å². The van der Waals surface area contributed by atoms with Crippen molar-refractivity contribution in [2.24, 2.45) is 0 Å². The SMILES string of the molecule is CC(C)NS(=O)(=O)c1ccc(C(=O)Nc2ccc(-c3nccs3)cc2)cc1. The summed E-state index contributed by atoms with van der Waals surface area (Å²) in [5, 5.41) is 5.62. The van der Waals surface area contributed by atoms with Crippen LogP contribution in [0.4, 0.5) is 5.69 Å². The molecule has 0 atom stereocenters. The monoisotopic (exact) mass is 401 g/mol. The van der Waals surface area contributed by atoms with Crippen LogP contribution in [0.15, 0.2) is 65.0 Å². The zero-order chi connectivity index (χ0) is 19.4. The minimum Gasteiger partial charge on any atom is -0.322 e. The Morgan fingerprint density at radius 3 is 2.26 bits per heavy atom. The van der Waals surface area contributed by atoms with Crippen LogP contribution in [0.1, 0.15) is 24.2 Å². The number of carbonyl (C=O) groups is 1. The first-order valence-electron chi connectivity index (χ1n) is 8.29. The molecule has 0 unspecified atom stereocenters. The molecule has 3 aromatic rings. The summed E-state index contributed by atoms with van der Waals surface area (Å²) < 4.78 is 26.8. The van der Waals surface area contributed by atoms with Gasteiger partial charge in [0.05, 0.1) is 4.90 Å². The first kappa shape index (κ1) is 19.2. The van der Waals surface area contributed by atoms with Gasteiger partial charge in [0.2, 0.25) is 10.0 Å². The van der Waals surface area contributed by atoms with E-state index in [1.165, 1.54) is 24.3 Å². The molecule has 6 nitrogen and oxygen atoms in total. The summed E-state index contributed by atoms with van der Waals surface area (Å²) in [5.74, 6) is -0.308. The fourth-order valence-corrected chi connectivity index (χ4v) is 4.32. The van der Waals surface area contributed by atoms with Crippen molar-refractivity contribution in [1.82, 2.24) is 9.71 Å². The molecule has 1 aromatic heterocycles. The topological polar surface area (TPSA) is 88.2 Å². The third-order valence-electron chi connectivity index (χ3n) is 3.64. The molecule has 0 radical (unpaired) electrons. The number of aromatic nitrogens is 1.